The van der Waals surface area contributed by atoms with Gasteiger partial charge in [-0.15, -0.1) is 5.10 Å². The summed E-state index contributed by atoms with van der Waals surface area (Å²) >= 11 is 0. The molecule has 0 aromatic carbocycles. The van der Waals surface area contributed by atoms with E-state index < -0.39 is 6.43 Å². The number of likely N-dealkylation sites (N-methyl/N-ethyl adjacent to an activating group) is 1. The van der Waals surface area contributed by atoms with E-state index in [4.69, 9.17) is 0 Å². The van der Waals surface area contributed by atoms with Gasteiger partial charge < -0.3 is 5.32 Å². The number of aromatic nitrogens is 3. The molecule has 0 saturated carbocycles. The van der Waals surface area contributed by atoms with Gasteiger partial charge in [-0.3, -0.25) is 9.58 Å². The molecule has 0 bridgehead atoms. The van der Waals surface area contributed by atoms with Crippen LogP contribution in [0.3, 0.4) is 0 Å². The van der Waals surface area contributed by atoms with Crippen LogP contribution in [0.2, 0.25) is 0 Å². The summed E-state index contributed by atoms with van der Waals surface area (Å²) in [4.78, 5) is 1.58. The standard InChI is InChI=1S/C12H23F2N5/c1-12(2,3)15-7-10-8-19(17-16-10)6-5-18(4)9-11(13)14/h8,11,15H,5-7,9H2,1-4H3. The van der Waals surface area contributed by atoms with Crippen LogP contribution in [-0.2, 0) is 13.1 Å². The van der Waals surface area contributed by atoms with Crippen LogP contribution in [0.15, 0.2) is 6.20 Å². The molecular formula is C12H23F2N5. The second-order valence-corrected chi connectivity index (χ2v) is 5.73. The van der Waals surface area contributed by atoms with Gasteiger partial charge in [0.15, 0.2) is 0 Å². The van der Waals surface area contributed by atoms with Gasteiger partial charge in [-0.1, -0.05) is 5.21 Å². The third kappa shape index (κ3) is 7.17. The van der Waals surface area contributed by atoms with E-state index in [1.165, 1.54) is 0 Å². The Kier molecular flexibility index (Phi) is 5.81. The Morgan fingerprint density at radius 3 is 2.68 bits per heavy atom. The van der Waals surface area contributed by atoms with Crippen molar-refractivity contribution < 1.29 is 8.78 Å². The van der Waals surface area contributed by atoms with E-state index in [-0.39, 0.29) is 12.1 Å². The number of halogens is 2. The van der Waals surface area contributed by atoms with Gasteiger partial charge >= 0.3 is 0 Å². The van der Waals surface area contributed by atoms with Crippen LogP contribution in [0.25, 0.3) is 0 Å². The van der Waals surface area contributed by atoms with Gasteiger partial charge in [0.1, 0.15) is 0 Å². The maximum Gasteiger partial charge on any atom is 0.251 e. The smallest absolute Gasteiger partial charge is 0.251 e. The van der Waals surface area contributed by atoms with E-state index in [2.05, 4.69) is 36.4 Å². The lowest BCUT2D eigenvalue weighted by atomic mass is 10.1. The lowest BCUT2D eigenvalue weighted by Gasteiger charge is -2.19. The summed E-state index contributed by atoms with van der Waals surface area (Å²) in [6.45, 7) is 7.76. The van der Waals surface area contributed by atoms with E-state index in [0.29, 0.717) is 19.6 Å². The molecule has 1 rings (SSSR count). The number of hydrogen-bond acceptors (Lipinski definition) is 4. The Balaban J connectivity index is 2.34. The fraction of sp³-hybridized carbons (Fsp3) is 0.833. The Labute approximate surface area is 113 Å². The maximum absolute atomic E-state index is 12.1. The average Bonchev–Trinajstić information content (AvgIpc) is 2.69. The quantitative estimate of drug-likeness (QED) is 0.816. The molecule has 0 spiro atoms. The Morgan fingerprint density at radius 1 is 1.42 bits per heavy atom. The van der Waals surface area contributed by atoms with Crippen molar-refractivity contribution in [1.29, 1.82) is 0 Å². The molecule has 1 aromatic heterocycles. The van der Waals surface area contributed by atoms with Crippen molar-refractivity contribution in [3.63, 3.8) is 0 Å². The Hall–Kier alpha value is -1.08. The molecule has 0 aliphatic heterocycles. The van der Waals surface area contributed by atoms with Gasteiger partial charge in [0.05, 0.1) is 18.8 Å². The minimum absolute atomic E-state index is 0.0290. The van der Waals surface area contributed by atoms with Crippen LogP contribution in [0.4, 0.5) is 8.78 Å². The molecule has 0 unspecified atom stereocenters. The van der Waals surface area contributed by atoms with Crippen LogP contribution in [0.5, 0.6) is 0 Å². The number of nitrogens with zero attached hydrogens (tertiary/aromatic N) is 4. The van der Waals surface area contributed by atoms with Crippen LogP contribution in [-0.4, -0.2) is 52.0 Å². The van der Waals surface area contributed by atoms with E-state index >= 15 is 0 Å². The highest BCUT2D eigenvalue weighted by Gasteiger charge is 2.11. The van der Waals surface area contributed by atoms with Crippen LogP contribution in [0, 0.1) is 0 Å². The highest BCUT2D eigenvalue weighted by Crippen LogP contribution is 2.02. The van der Waals surface area contributed by atoms with Gasteiger partial charge in [-0.25, -0.2) is 8.78 Å². The summed E-state index contributed by atoms with van der Waals surface area (Å²) in [5.41, 5.74) is 0.882. The van der Waals surface area contributed by atoms with Crippen molar-refractivity contribution in [3.8, 4) is 0 Å². The van der Waals surface area contributed by atoms with Gasteiger partial charge in [0.2, 0.25) is 0 Å². The molecule has 1 heterocycles. The number of rotatable bonds is 7. The Morgan fingerprint density at radius 2 is 2.11 bits per heavy atom. The molecule has 19 heavy (non-hydrogen) atoms. The van der Waals surface area contributed by atoms with E-state index in [1.54, 1.807) is 16.6 Å². The molecular weight excluding hydrogens is 252 g/mol. The summed E-state index contributed by atoms with van der Waals surface area (Å²) in [6.07, 6.45) is -0.457. The van der Waals surface area contributed by atoms with E-state index in [9.17, 15) is 8.78 Å². The van der Waals surface area contributed by atoms with Crippen molar-refractivity contribution in [1.82, 2.24) is 25.2 Å². The van der Waals surface area contributed by atoms with Crippen molar-refractivity contribution in [2.24, 2.45) is 0 Å². The van der Waals surface area contributed by atoms with Gasteiger partial charge in [-0.2, -0.15) is 0 Å². The first-order valence-electron chi connectivity index (χ1n) is 6.37. The first kappa shape index (κ1) is 16.0. The summed E-state index contributed by atoms with van der Waals surface area (Å²) in [7, 11) is 1.67. The lowest BCUT2D eigenvalue weighted by Crippen LogP contribution is -2.35. The van der Waals surface area contributed by atoms with E-state index in [1.807, 2.05) is 6.20 Å². The fourth-order valence-corrected chi connectivity index (χ4v) is 1.48. The average molecular weight is 275 g/mol. The SMILES string of the molecule is CN(CCn1cc(CNC(C)(C)C)nn1)CC(F)F. The third-order valence-corrected chi connectivity index (χ3v) is 2.55. The van der Waals surface area contributed by atoms with Crippen molar-refractivity contribution in [2.75, 3.05) is 20.1 Å². The number of hydrogen-bond donors (Lipinski definition) is 1. The van der Waals surface area contributed by atoms with Crippen LogP contribution < -0.4 is 5.32 Å². The zero-order chi connectivity index (χ0) is 14.5. The van der Waals surface area contributed by atoms with Gasteiger partial charge in [0.25, 0.3) is 6.43 Å². The zero-order valence-corrected chi connectivity index (χ0v) is 12.0. The first-order valence-corrected chi connectivity index (χ1v) is 6.37. The van der Waals surface area contributed by atoms with Crippen molar-refractivity contribution in [3.05, 3.63) is 11.9 Å². The molecule has 0 aliphatic rings. The fourth-order valence-electron chi connectivity index (χ4n) is 1.48. The topological polar surface area (TPSA) is 46.0 Å². The monoisotopic (exact) mass is 275 g/mol. The van der Waals surface area contributed by atoms with Crippen LogP contribution in [0.1, 0.15) is 26.5 Å². The molecule has 0 saturated heterocycles. The number of nitrogens with one attached hydrogen (secondary N) is 1. The predicted molar refractivity (Wildman–Crippen MR) is 70.1 cm³/mol. The zero-order valence-electron chi connectivity index (χ0n) is 12.0. The highest BCUT2D eigenvalue weighted by molar-refractivity contribution is 4.93. The summed E-state index contributed by atoms with van der Waals surface area (Å²) < 4.78 is 26.0. The highest BCUT2D eigenvalue weighted by atomic mass is 19.3. The molecule has 1 N–H and O–H groups in total. The molecule has 7 heteroatoms. The normalized spacial score (nSPS) is 12.6. The van der Waals surface area contributed by atoms with Crippen molar-refractivity contribution >= 4 is 0 Å². The largest absolute Gasteiger partial charge is 0.306 e. The molecule has 0 atom stereocenters. The number of alkyl halides is 2. The molecule has 1 aromatic rings. The predicted octanol–water partition coefficient (Wildman–Crippen LogP) is 1.36. The molecule has 0 aliphatic carbocycles. The molecule has 0 amide bonds. The molecule has 110 valence electrons. The maximum atomic E-state index is 12.1. The van der Waals surface area contributed by atoms with Crippen LogP contribution >= 0.6 is 0 Å². The first-order chi connectivity index (χ1) is 8.76. The second kappa shape index (κ2) is 6.91. The van der Waals surface area contributed by atoms with Gasteiger partial charge in [-0.05, 0) is 27.8 Å². The second-order valence-electron chi connectivity index (χ2n) is 5.73. The molecule has 0 fully saturated rings. The Bertz CT molecular complexity index is 372. The van der Waals surface area contributed by atoms with E-state index in [0.717, 1.165) is 5.69 Å². The molecule has 5 nitrogen and oxygen atoms in total. The molecule has 0 radical (unpaired) electrons. The van der Waals surface area contributed by atoms with Gasteiger partial charge in [0, 0.05) is 24.8 Å². The third-order valence-electron chi connectivity index (χ3n) is 2.55. The minimum atomic E-state index is -2.30. The summed E-state index contributed by atoms with van der Waals surface area (Å²) in [6, 6.07) is 0. The summed E-state index contributed by atoms with van der Waals surface area (Å²) in [5.74, 6) is 0. The lowest BCUT2D eigenvalue weighted by molar-refractivity contribution is 0.0983. The minimum Gasteiger partial charge on any atom is -0.306 e. The van der Waals surface area contributed by atoms with Crippen molar-refractivity contribution in [2.45, 2.75) is 45.8 Å². The summed E-state index contributed by atoms with van der Waals surface area (Å²) in [5, 5.41) is 11.3.